The summed E-state index contributed by atoms with van der Waals surface area (Å²) in [6, 6.07) is 13.0. The van der Waals surface area contributed by atoms with Crippen molar-refractivity contribution in [1.29, 1.82) is 0 Å². The molecule has 0 spiro atoms. The van der Waals surface area contributed by atoms with Crippen molar-refractivity contribution in [3.8, 4) is 0 Å². The first-order valence-electron chi connectivity index (χ1n) is 8.59. The Morgan fingerprint density at radius 3 is 2.46 bits per heavy atom. The van der Waals surface area contributed by atoms with Gasteiger partial charge in [-0.15, -0.1) is 0 Å². The van der Waals surface area contributed by atoms with Gasteiger partial charge in [-0.25, -0.2) is 4.98 Å². The molecule has 0 saturated carbocycles. The minimum absolute atomic E-state index is 0.208. The number of hydrogen-bond acceptors (Lipinski definition) is 3. The Labute approximate surface area is 152 Å². The second-order valence-corrected chi connectivity index (χ2v) is 6.27. The lowest BCUT2D eigenvalue weighted by Crippen LogP contribution is -2.42. The minimum atomic E-state index is -0.368. The Morgan fingerprint density at radius 2 is 1.77 bits per heavy atom. The van der Waals surface area contributed by atoms with Crippen LogP contribution < -0.4 is 10.9 Å². The Balaban J connectivity index is 1.63. The number of aromatic nitrogens is 2. The van der Waals surface area contributed by atoms with Crippen LogP contribution in [0, 0.1) is 13.8 Å². The summed E-state index contributed by atoms with van der Waals surface area (Å²) in [5.74, 6) is 0.272. The van der Waals surface area contributed by atoms with E-state index in [9.17, 15) is 9.59 Å². The summed E-state index contributed by atoms with van der Waals surface area (Å²) in [4.78, 5) is 28.8. The van der Waals surface area contributed by atoms with E-state index < -0.39 is 0 Å². The molecule has 134 valence electrons. The van der Waals surface area contributed by atoms with Crippen molar-refractivity contribution < 1.29 is 9.59 Å². The lowest BCUT2D eigenvalue weighted by atomic mass is 10.1. The van der Waals surface area contributed by atoms with E-state index in [-0.39, 0.29) is 18.2 Å². The van der Waals surface area contributed by atoms with Crippen LogP contribution in [-0.2, 0) is 17.8 Å². The van der Waals surface area contributed by atoms with E-state index in [2.05, 4.69) is 27.3 Å². The number of rotatable bonds is 4. The van der Waals surface area contributed by atoms with Crippen LogP contribution in [0.25, 0.3) is 11.0 Å². The van der Waals surface area contributed by atoms with Gasteiger partial charge in [0.2, 0.25) is 5.91 Å². The number of carbonyl (C=O) groups excluding carboxylic acids is 2. The topological polar surface area (TPSA) is 76.0 Å². The van der Waals surface area contributed by atoms with Gasteiger partial charge in [0.05, 0.1) is 17.5 Å². The van der Waals surface area contributed by atoms with Gasteiger partial charge in [0, 0.05) is 12.1 Å². The minimum Gasteiger partial charge on any atom is -0.329 e. The van der Waals surface area contributed by atoms with Crippen molar-refractivity contribution >= 4 is 22.8 Å². The van der Waals surface area contributed by atoms with Crippen molar-refractivity contribution in [3.63, 3.8) is 0 Å². The highest BCUT2D eigenvalue weighted by Crippen LogP contribution is 2.17. The molecule has 2 N–H and O–H groups in total. The zero-order valence-electron chi connectivity index (χ0n) is 15.2. The Hall–Kier alpha value is -3.15. The number of nitrogens with one attached hydrogen (secondary N) is 2. The van der Waals surface area contributed by atoms with Crippen LogP contribution in [0.5, 0.6) is 0 Å². The highest BCUT2D eigenvalue weighted by Gasteiger charge is 2.12. The molecule has 0 aliphatic carbocycles. The molecule has 0 aliphatic heterocycles. The molecule has 0 radical (unpaired) electrons. The predicted molar refractivity (Wildman–Crippen MR) is 101 cm³/mol. The van der Waals surface area contributed by atoms with E-state index in [1.54, 1.807) is 12.1 Å². The summed E-state index contributed by atoms with van der Waals surface area (Å²) in [5, 5.41) is 0. The lowest BCUT2D eigenvalue weighted by Gasteiger charge is -2.08. The summed E-state index contributed by atoms with van der Waals surface area (Å²) >= 11 is 0. The monoisotopic (exact) mass is 350 g/mol. The van der Waals surface area contributed by atoms with Crippen LogP contribution in [0.4, 0.5) is 0 Å². The first-order valence-corrected chi connectivity index (χ1v) is 8.59. The molecule has 1 heterocycles. The highest BCUT2D eigenvalue weighted by molar-refractivity contribution is 5.98. The molecule has 0 unspecified atom stereocenters. The predicted octanol–water partition coefficient (Wildman–Crippen LogP) is 2.68. The van der Waals surface area contributed by atoms with Gasteiger partial charge in [-0.05, 0) is 44.5 Å². The van der Waals surface area contributed by atoms with E-state index in [1.165, 1.54) is 0 Å². The second-order valence-electron chi connectivity index (χ2n) is 6.27. The number of benzene rings is 2. The number of hydrazine groups is 1. The van der Waals surface area contributed by atoms with Crippen molar-refractivity contribution in [2.75, 3.05) is 0 Å². The van der Waals surface area contributed by atoms with Gasteiger partial charge in [-0.1, -0.05) is 29.8 Å². The second kappa shape index (κ2) is 7.39. The van der Waals surface area contributed by atoms with E-state index in [4.69, 9.17) is 0 Å². The molecular weight excluding hydrogens is 328 g/mol. The SMILES string of the molecule is CCn1c(C)nc2cc(C(=O)NNC(=O)Cc3ccc(C)cc3)ccc21. The Kier molecular flexibility index (Phi) is 5.02. The average Bonchev–Trinajstić information content (AvgIpc) is 2.95. The van der Waals surface area contributed by atoms with Gasteiger partial charge in [-0.2, -0.15) is 0 Å². The summed E-state index contributed by atoms with van der Waals surface area (Å²) < 4.78 is 2.08. The third kappa shape index (κ3) is 3.74. The van der Waals surface area contributed by atoms with Crippen molar-refractivity contribution in [2.45, 2.75) is 33.7 Å². The number of imidazole rings is 1. The van der Waals surface area contributed by atoms with Gasteiger partial charge in [0.1, 0.15) is 5.82 Å². The molecule has 1 aromatic heterocycles. The molecule has 0 aliphatic rings. The summed E-state index contributed by atoms with van der Waals surface area (Å²) in [6.07, 6.45) is 0.208. The maximum atomic E-state index is 12.3. The fourth-order valence-corrected chi connectivity index (χ4v) is 2.92. The fourth-order valence-electron chi connectivity index (χ4n) is 2.92. The van der Waals surface area contributed by atoms with Gasteiger partial charge < -0.3 is 4.57 Å². The first-order chi connectivity index (χ1) is 12.5. The average molecular weight is 350 g/mol. The molecule has 0 atom stereocenters. The molecule has 3 rings (SSSR count). The largest absolute Gasteiger partial charge is 0.329 e. The summed E-state index contributed by atoms with van der Waals surface area (Å²) in [7, 11) is 0. The zero-order valence-corrected chi connectivity index (χ0v) is 15.2. The van der Waals surface area contributed by atoms with E-state index in [0.717, 1.165) is 34.5 Å². The number of fused-ring (bicyclic) bond motifs is 1. The number of carbonyl (C=O) groups is 2. The van der Waals surface area contributed by atoms with Crippen LogP contribution in [0.3, 0.4) is 0 Å². The third-order valence-electron chi connectivity index (χ3n) is 4.32. The van der Waals surface area contributed by atoms with E-state index >= 15 is 0 Å². The van der Waals surface area contributed by atoms with Crippen molar-refractivity contribution in [3.05, 3.63) is 65.0 Å². The van der Waals surface area contributed by atoms with Crippen molar-refractivity contribution in [2.24, 2.45) is 0 Å². The lowest BCUT2D eigenvalue weighted by molar-refractivity contribution is -0.121. The molecule has 0 saturated heterocycles. The Bertz CT molecular complexity index is 958. The maximum absolute atomic E-state index is 12.3. The molecule has 0 fully saturated rings. The van der Waals surface area contributed by atoms with Gasteiger partial charge >= 0.3 is 0 Å². The van der Waals surface area contributed by atoms with Gasteiger partial charge in [-0.3, -0.25) is 20.4 Å². The van der Waals surface area contributed by atoms with E-state index in [0.29, 0.717) is 5.56 Å². The van der Waals surface area contributed by atoms with Crippen LogP contribution in [0.1, 0.15) is 34.2 Å². The molecule has 26 heavy (non-hydrogen) atoms. The molecule has 2 amide bonds. The van der Waals surface area contributed by atoms with Gasteiger partial charge in [0.25, 0.3) is 5.91 Å². The molecule has 0 bridgehead atoms. The standard InChI is InChI=1S/C20H22N4O2/c1-4-24-14(3)21-17-12-16(9-10-18(17)24)20(26)23-22-19(25)11-15-7-5-13(2)6-8-15/h5-10,12H,4,11H2,1-3H3,(H,22,25)(H,23,26). The highest BCUT2D eigenvalue weighted by atomic mass is 16.2. The number of nitrogens with zero attached hydrogens (tertiary/aromatic N) is 2. The summed E-state index contributed by atoms with van der Waals surface area (Å²) in [5.41, 5.74) is 9.15. The molecular formula is C20H22N4O2. The summed E-state index contributed by atoms with van der Waals surface area (Å²) in [6.45, 7) is 6.81. The molecule has 6 heteroatoms. The zero-order chi connectivity index (χ0) is 18.7. The normalized spacial score (nSPS) is 10.7. The first kappa shape index (κ1) is 17.7. The van der Waals surface area contributed by atoms with Crippen LogP contribution in [0.15, 0.2) is 42.5 Å². The number of aryl methyl sites for hydroxylation is 3. The molecule has 2 aromatic carbocycles. The number of hydrogen-bond donors (Lipinski definition) is 2. The van der Waals surface area contributed by atoms with Gasteiger partial charge in [0.15, 0.2) is 0 Å². The Morgan fingerprint density at radius 1 is 1.04 bits per heavy atom. The van der Waals surface area contributed by atoms with Crippen molar-refractivity contribution in [1.82, 2.24) is 20.4 Å². The van der Waals surface area contributed by atoms with Crippen LogP contribution >= 0.6 is 0 Å². The quantitative estimate of drug-likeness (QED) is 0.710. The fraction of sp³-hybridized carbons (Fsp3) is 0.250. The van der Waals surface area contributed by atoms with Crippen LogP contribution in [-0.4, -0.2) is 21.4 Å². The molecule has 3 aromatic rings. The van der Waals surface area contributed by atoms with E-state index in [1.807, 2.05) is 44.2 Å². The number of amides is 2. The molecule has 6 nitrogen and oxygen atoms in total. The maximum Gasteiger partial charge on any atom is 0.269 e. The smallest absolute Gasteiger partial charge is 0.269 e. The third-order valence-corrected chi connectivity index (χ3v) is 4.32. The van der Waals surface area contributed by atoms with Crippen LogP contribution in [0.2, 0.25) is 0 Å².